The fourth-order valence-corrected chi connectivity index (χ4v) is 4.12. The fraction of sp³-hybridized carbons (Fsp3) is 0.500. The summed E-state index contributed by atoms with van der Waals surface area (Å²) in [6.07, 6.45) is 4.65. The third-order valence-corrected chi connectivity index (χ3v) is 5.95. The van der Waals surface area contributed by atoms with Gasteiger partial charge in [-0.1, -0.05) is 6.92 Å². The Bertz CT molecular complexity index is 776. The first-order chi connectivity index (χ1) is 10.5. The summed E-state index contributed by atoms with van der Waals surface area (Å²) in [6.45, 7) is 2.34. The molecule has 2 aromatic rings. The molecule has 0 amide bonds. The molecule has 5 nitrogen and oxygen atoms in total. The first-order valence-electron chi connectivity index (χ1n) is 7.63. The topological polar surface area (TPSA) is 71.2 Å². The maximum Gasteiger partial charge on any atom is 0.211 e. The van der Waals surface area contributed by atoms with E-state index < -0.39 is 10.0 Å². The van der Waals surface area contributed by atoms with Crippen molar-refractivity contribution in [3.8, 4) is 5.75 Å². The maximum atomic E-state index is 11.9. The van der Waals surface area contributed by atoms with Gasteiger partial charge in [0.05, 0.1) is 12.9 Å². The molecule has 120 valence electrons. The zero-order chi connectivity index (χ0) is 15.8. The molecule has 0 bridgehead atoms. The highest BCUT2D eigenvalue weighted by molar-refractivity contribution is 7.89. The molecule has 0 spiro atoms. The molecular weight excluding hydrogens is 300 g/mol. The van der Waals surface area contributed by atoms with Crippen LogP contribution in [0.1, 0.15) is 31.7 Å². The Morgan fingerprint density at radius 3 is 2.77 bits per heavy atom. The Balaban J connectivity index is 1.87. The minimum absolute atomic E-state index is 0.0780. The van der Waals surface area contributed by atoms with Crippen molar-refractivity contribution in [1.29, 1.82) is 0 Å². The van der Waals surface area contributed by atoms with Crippen molar-refractivity contribution in [2.45, 2.75) is 31.6 Å². The van der Waals surface area contributed by atoms with E-state index in [1.807, 2.05) is 31.3 Å². The second-order valence-corrected chi connectivity index (χ2v) is 7.96. The van der Waals surface area contributed by atoms with Gasteiger partial charge in [-0.25, -0.2) is 13.1 Å². The number of sulfonamides is 1. The number of aromatic nitrogens is 1. The summed E-state index contributed by atoms with van der Waals surface area (Å²) in [7, 11) is -1.51. The van der Waals surface area contributed by atoms with Crippen LogP contribution in [0.25, 0.3) is 10.9 Å². The van der Waals surface area contributed by atoms with Crippen LogP contribution in [0.4, 0.5) is 0 Å². The van der Waals surface area contributed by atoms with Gasteiger partial charge in [-0.2, -0.15) is 0 Å². The van der Waals surface area contributed by atoms with Crippen LogP contribution in [0.2, 0.25) is 0 Å². The van der Waals surface area contributed by atoms with E-state index in [-0.39, 0.29) is 11.2 Å². The normalized spacial score (nSPS) is 16.8. The summed E-state index contributed by atoms with van der Waals surface area (Å²) in [4.78, 5) is 3.28. The third kappa shape index (κ3) is 2.85. The van der Waals surface area contributed by atoms with Gasteiger partial charge < -0.3 is 9.72 Å². The van der Waals surface area contributed by atoms with Gasteiger partial charge in [0.25, 0.3) is 0 Å². The molecule has 1 aliphatic rings. The molecule has 22 heavy (non-hydrogen) atoms. The van der Waals surface area contributed by atoms with Gasteiger partial charge in [-0.3, -0.25) is 0 Å². The van der Waals surface area contributed by atoms with Crippen molar-refractivity contribution < 1.29 is 13.2 Å². The van der Waals surface area contributed by atoms with Crippen molar-refractivity contribution in [2.75, 3.05) is 19.4 Å². The summed E-state index contributed by atoms with van der Waals surface area (Å²) in [6, 6.07) is 5.93. The van der Waals surface area contributed by atoms with E-state index in [1.165, 1.54) is 5.56 Å². The zero-order valence-corrected chi connectivity index (χ0v) is 13.8. The Morgan fingerprint density at radius 1 is 1.36 bits per heavy atom. The molecule has 2 N–H and O–H groups in total. The summed E-state index contributed by atoms with van der Waals surface area (Å²) in [5.41, 5.74) is 2.16. The average molecular weight is 322 g/mol. The van der Waals surface area contributed by atoms with Gasteiger partial charge in [-0.05, 0) is 43.0 Å². The van der Waals surface area contributed by atoms with Gasteiger partial charge in [0.15, 0.2) is 0 Å². The second-order valence-electron chi connectivity index (χ2n) is 6.03. The van der Waals surface area contributed by atoms with Crippen molar-refractivity contribution in [2.24, 2.45) is 0 Å². The lowest BCUT2D eigenvalue weighted by atomic mass is 9.95. The summed E-state index contributed by atoms with van der Waals surface area (Å²) < 4.78 is 31.9. The number of rotatable bonds is 7. The SMILES string of the molecule is CCCS(=O)(=O)NCC1(c2c[nH]c3ccc(OC)cc23)CC1. The lowest BCUT2D eigenvalue weighted by molar-refractivity contribution is 0.415. The van der Waals surface area contributed by atoms with E-state index in [1.54, 1.807) is 7.11 Å². The third-order valence-electron chi connectivity index (χ3n) is 4.42. The second kappa shape index (κ2) is 5.59. The standard InChI is InChI=1S/C16H22N2O3S/c1-3-8-22(19,20)18-11-16(6-7-16)14-10-17-15-5-4-12(21-2)9-13(14)15/h4-5,9-10,17-18H,3,6-8,11H2,1-2H3. The molecule has 3 rings (SSSR count). The molecule has 1 aliphatic carbocycles. The highest BCUT2D eigenvalue weighted by atomic mass is 32.2. The largest absolute Gasteiger partial charge is 0.497 e. The Labute approximate surface area is 131 Å². The molecule has 1 aromatic carbocycles. The quantitative estimate of drug-likeness (QED) is 0.823. The zero-order valence-electron chi connectivity index (χ0n) is 13.0. The molecule has 0 unspecified atom stereocenters. The average Bonchev–Trinajstić information content (AvgIpc) is 3.17. The van der Waals surface area contributed by atoms with Crippen molar-refractivity contribution in [3.63, 3.8) is 0 Å². The Morgan fingerprint density at radius 2 is 2.14 bits per heavy atom. The molecule has 1 aromatic heterocycles. The first-order valence-corrected chi connectivity index (χ1v) is 9.28. The number of nitrogens with one attached hydrogen (secondary N) is 2. The summed E-state index contributed by atoms with van der Waals surface area (Å²) in [5.74, 6) is 1.00. The lowest BCUT2D eigenvalue weighted by Gasteiger charge is -2.16. The maximum absolute atomic E-state index is 11.9. The van der Waals surface area contributed by atoms with E-state index in [9.17, 15) is 8.42 Å². The number of hydrogen-bond donors (Lipinski definition) is 2. The number of fused-ring (bicyclic) bond motifs is 1. The van der Waals surface area contributed by atoms with Gasteiger partial charge >= 0.3 is 0 Å². The number of methoxy groups -OCH3 is 1. The van der Waals surface area contributed by atoms with Crippen LogP contribution < -0.4 is 9.46 Å². The summed E-state index contributed by atoms with van der Waals surface area (Å²) >= 11 is 0. The number of benzene rings is 1. The molecule has 6 heteroatoms. The van der Waals surface area contributed by atoms with Crippen LogP contribution in [0.15, 0.2) is 24.4 Å². The van der Waals surface area contributed by atoms with Crippen LogP contribution in [-0.2, 0) is 15.4 Å². The number of H-pyrrole nitrogens is 1. The molecule has 0 saturated heterocycles. The van der Waals surface area contributed by atoms with E-state index in [0.717, 1.165) is 29.5 Å². The van der Waals surface area contributed by atoms with Crippen molar-refractivity contribution in [3.05, 3.63) is 30.0 Å². The molecule has 0 aliphatic heterocycles. The van der Waals surface area contributed by atoms with Crippen LogP contribution in [-0.4, -0.2) is 32.8 Å². The highest BCUT2D eigenvalue weighted by Crippen LogP contribution is 2.50. The van der Waals surface area contributed by atoms with Gasteiger partial charge in [0.2, 0.25) is 10.0 Å². The van der Waals surface area contributed by atoms with E-state index >= 15 is 0 Å². The lowest BCUT2D eigenvalue weighted by Crippen LogP contribution is -2.33. The Kier molecular flexibility index (Phi) is 3.91. The number of ether oxygens (including phenoxy) is 1. The minimum atomic E-state index is -3.17. The molecule has 0 atom stereocenters. The highest BCUT2D eigenvalue weighted by Gasteiger charge is 2.46. The molecular formula is C16H22N2O3S. The Hall–Kier alpha value is -1.53. The van der Waals surface area contributed by atoms with Crippen LogP contribution >= 0.6 is 0 Å². The van der Waals surface area contributed by atoms with Gasteiger partial charge in [0.1, 0.15) is 5.75 Å². The van der Waals surface area contributed by atoms with E-state index in [0.29, 0.717) is 13.0 Å². The molecule has 1 saturated carbocycles. The van der Waals surface area contributed by atoms with Crippen molar-refractivity contribution >= 4 is 20.9 Å². The van der Waals surface area contributed by atoms with Crippen LogP contribution in [0.3, 0.4) is 0 Å². The number of aromatic amines is 1. The van der Waals surface area contributed by atoms with Gasteiger partial charge in [-0.15, -0.1) is 0 Å². The van der Waals surface area contributed by atoms with E-state index in [2.05, 4.69) is 9.71 Å². The fourth-order valence-electron chi connectivity index (χ4n) is 2.95. The predicted molar refractivity (Wildman–Crippen MR) is 87.8 cm³/mol. The first kappa shape index (κ1) is 15.4. The van der Waals surface area contributed by atoms with Crippen molar-refractivity contribution in [1.82, 2.24) is 9.71 Å². The van der Waals surface area contributed by atoms with Crippen LogP contribution in [0.5, 0.6) is 5.75 Å². The molecule has 1 fully saturated rings. The van der Waals surface area contributed by atoms with E-state index in [4.69, 9.17) is 4.74 Å². The minimum Gasteiger partial charge on any atom is -0.497 e. The smallest absolute Gasteiger partial charge is 0.211 e. The summed E-state index contributed by atoms with van der Waals surface area (Å²) in [5, 5.41) is 1.12. The van der Waals surface area contributed by atoms with Crippen LogP contribution in [0, 0.1) is 0 Å². The monoisotopic (exact) mass is 322 g/mol. The predicted octanol–water partition coefficient (Wildman–Crippen LogP) is 2.54. The molecule has 1 heterocycles. The number of hydrogen-bond acceptors (Lipinski definition) is 3. The molecule has 0 radical (unpaired) electrons. The van der Waals surface area contributed by atoms with Gasteiger partial charge in [0, 0.05) is 29.1 Å².